The molecule has 2 nitrogen and oxygen atoms in total. The Morgan fingerprint density at radius 2 is 2.26 bits per heavy atom. The predicted molar refractivity (Wildman–Crippen MR) is 74.6 cm³/mol. The van der Waals surface area contributed by atoms with Crippen LogP contribution in [0, 0.1) is 5.92 Å². The lowest BCUT2D eigenvalue weighted by Gasteiger charge is -2.57. The maximum absolute atomic E-state index is 6.40. The summed E-state index contributed by atoms with van der Waals surface area (Å²) in [6.45, 7) is 1.24. The number of benzene rings is 1. The first-order chi connectivity index (χ1) is 9.30. The molecule has 5 rings (SSSR count). The van der Waals surface area contributed by atoms with Crippen LogP contribution in [-0.4, -0.2) is 30.6 Å². The van der Waals surface area contributed by atoms with Gasteiger partial charge in [0.05, 0.1) is 0 Å². The second-order valence-electron chi connectivity index (χ2n) is 6.98. The van der Waals surface area contributed by atoms with Gasteiger partial charge in [-0.1, -0.05) is 12.1 Å². The van der Waals surface area contributed by atoms with Gasteiger partial charge in [0, 0.05) is 17.0 Å². The van der Waals surface area contributed by atoms with Crippen molar-refractivity contribution in [2.75, 3.05) is 13.6 Å². The monoisotopic (exact) mass is 255 g/mol. The third-order valence-corrected chi connectivity index (χ3v) is 6.40. The zero-order valence-corrected chi connectivity index (χ0v) is 11.6. The summed E-state index contributed by atoms with van der Waals surface area (Å²) >= 11 is 0. The van der Waals surface area contributed by atoms with Gasteiger partial charge < -0.3 is 9.64 Å². The van der Waals surface area contributed by atoms with Crippen LogP contribution >= 0.6 is 0 Å². The number of piperidine rings is 1. The molecular weight excluding hydrogens is 234 g/mol. The Hall–Kier alpha value is -1.02. The molecule has 1 saturated heterocycles. The molecule has 1 aromatic rings. The molecule has 2 fully saturated rings. The minimum atomic E-state index is 0.375. The number of hydrogen-bond donors (Lipinski definition) is 0. The van der Waals surface area contributed by atoms with Crippen molar-refractivity contribution in [3.8, 4) is 5.75 Å². The summed E-state index contributed by atoms with van der Waals surface area (Å²) in [6, 6.07) is 7.50. The zero-order chi connectivity index (χ0) is 12.6. The topological polar surface area (TPSA) is 12.5 Å². The molecule has 1 aromatic carbocycles. The maximum atomic E-state index is 6.40. The average molecular weight is 255 g/mol. The van der Waals surface area contributed by atoms with Crippen LogP contribution in [0.4, 0.5) is 0 Å². The number of ether oxygens (including phenoxy) is 1. The average Bonchev–Trinajstić information content (AvgIpc) is 2.76. The highest BCUT2D eigenvalue weighted by Gasteiger charge is 2.62. The number of hydrogen-bond acceptors (Lipinski definition) is 2. The van der Waals surface area contributed by atoms with Crippen molar-refractivity contribution in [3.05, 3.63) is 29.3 Å². The van der Waals surface area contributed by atoms with Crippen LogP contribution in [0.25, 0.3) is 0 Å². The van der Waals surface area contributed by atoms with Crippen molar-refractivity contribution >= 4 is 0 Å². The van der Waals surface area contributed by atoms with E-state index in [9.17, 15) is 0 Å². The van der Waals surface area contributed by atoms with E-state index in [0.29, 0.717) is 11.5 Å². The Bertz CT molecular complexity index is 554. The standard InChI is InChI=1S/C17H21NO/c1-18-9-8-17-12-5-3-7-15(17)19-14-6-2-4-11(16(14)17)10-13(12)18/h2,4,6,12-13,15H,3,5,7-10H2,1H3/t12?,13-,15?,17-/m1/s1. The Balaban J connectivity index is 1.81. The van der Waals surface area contributed by atoms with Gasteiger partial charge in [0.1, 0.15) is 11.9 Å². The Kier molecular flexibility index (Phi) is 1.89. The van der Waals surface area contributed by atoms with Crippen LogP contribution in [0.3, 0.4) is 0 Å². The van der Waals surface area contributed by atoms with Gasteiger partial charge >= 0.3 is 0 Å². The second-order valence-corrected chi connectivity index (χ2v) is 6.98. The van der Waals surface area contributed by atoms with Crippen molar-refractivity contribution in [2.45, 2.75) is 49.7 Å². The Morgan fingerprint density at radius 1 is 1.32 bits per heavy atom. The molecule has 4 aliphatic rings. The van der Waals surface area contributed by atoms with Crippen LogP contribution in [-0.2, 0) is 11.8 Å². The van der Waals surface area contributed by atoms with E-state index in [-0.39, 0.29) is 0 Å². The van der Waals surface area contributed by atoms with E-state index >= 15 is 0 Å². The molecule has 1 spiro atoms. The fourth-order valence-corrected chi connectivity index (χ4v) is 5.68. The molecule has 19 heavy (non-hydrogen) atoms. The van der Waals surface area contributed by atoms with Gasteiger partial charge in [-0.2, -0.15) is 0 Å². The summed E-state index contributed by atoms with van der Waals surface area (Å²) in [5.74, 6) is 2.05. The predicted octanol–water partition coefficient (Wildman–Crippen LogP) is 2.75. The van der Waals surface area contributed by atoms with Gasteiger partial charge in [0.25, 0.3) is 0 Å². The molecule has 2 bridgehead atoms. The van der Waals surface area contributed by atoms with Crippen molar-refractivity contribution in [1.29, 1.82) is 0 Å². The lowest BCUT2D eigenvalue weighted by molar-refractivity contribution is -0.0425. The van der Waals surface area contributed by atoms with E-state index in [4.69, 9.17) is 4.74 Å². The van der Waals surface area contributed by atoms with Gasteiger partial charge in [-0.3, -0.25) is 0 Å². The van der Waals surface area contributed by atoms with E-state index in [1.807, 2.05) is 0 Å². The number of likely N-dealkylation sites (N-methyl/N-ethyl adjacent to an activating group) is 1. The van der Waals surface area contributed by atoms with Gasteiger partial charge in [-0.05, 0) is 63.2 Å². The third kappa shape index (κ3) is 1.10. The maximum Gasteiger partial charge on any atom is 0.123 e. The van der Waals surface area contributed by atoms with E-state index < -0.39 is 0 Å². The number of rotatable bonds is 0. The van der Waals surface area contributed by atoms with Crippen molar-refractivity contribution < 1.29 is 4.74 Å². The molecule has 0 radical (unpaired) electrons. The normalized spacial score (nSPS) is 42.7. The van der Waals surface area contributed by atoms with Gasteiger partial charge in [-0.15, -0.1) is 0 Å². The van der Waals surface area contributed by atoms with Gasteiger partial charge in [0.15, 0.2) is 0 Å². The fraction of sp³-hybridized carbons (Fsp3) is 0.647. The smallest absolute Gasteiger partial charge is 0.123 e. The first kappa shape index (κ1) is 10.7. The fourth-order valence-electron chi connectivity index (χ4n) is 5.68. The Labute approximate surface area is 114 Å². The van der Waals surface area contributed by atoms with Gasteiger partial charge in [0.2, 0.25) is 0 Å². The molecular formula is C17H21NO. The molecule has 2 heterocycles. The van der Waals surface area contributed by atoms with E-state index in [1.165, 1.54) is 44.4 Å². The highest BCUT2D eigenvalue weighted by molar-refractivity contribution is 5.54. The van der Waals surface area contributed by atoms with Crippen LogP contribution < -0.4 is 4.74 Å². The molecule has 2 heteroatoms. The third-order valence-electron chi connectivity index (χ3n) is 6.40. The number of likely N-dealkylation sites (tertiary alicyclic amines) is 1. The van der Waals surface area contributed by atoms with Crippen LogP contribution in [0.5, 0.6) is 5.75 Å². The van der Waals surface area contributed by atoms with Crippen molar-refractivity contribution in [1.82, 2.24) is 4.90 Å². The lowest BCUT2D eigenvalue weighted by atomic mass is 9.52. The first-order valence-electron chi connectivity index (χ1n) is 7.80. The van der Waals surface area contributed by atoms with Gasteiger partial charge in [-0.25, -0.2) is 0 Å². The SMILES string of the molecule is CN1CC[C@]23c4c5cccc4OC2CCCC3[C@H]1C5. The number of nitrogens with zero attached hydrogens (tertiary/aromatic N) is 1. The highest BCUT2D eigenvalue weighted by Crippen LogP contribution is 2.61. The van der Waals surface area contributed by atoms with E-state index in [1.54, 1.807) is 11.1 Å². The van der Waals surface area contributed by atoms with Crippen LogP contribution in [0.2, 0.25) is 0 Å². The molecule has 0 aromatic heterocycles. The molecule has 100 valence electrons. The molecule has 2 unspecified atom stereocenters. The second kappa shape index (κ2) is 3.35. The minimum Gasteiger partial charge on any atom is -0.489 e. The Morgan fingerprint density at radius 3 is 3.21 bits per heavy atom. The summed E-state index contributed by atoms with van der Waals surface area (Å²) < 4.78 is 6.40. The highest BCUT2D eigenvalue weighted by atomic mass is 16.5. The van der Waals surface area contributed by atoms with Crippen LogP contribution in [0.1, 0.15) is 36.8 Å². The molecule has 0 N–H and O–H groups in total. The summed E-state index contributed by atoms with van der Waals surface area (Å²) in [5.41, 5.74) is 3.57. The lowest BCUT2D eigenvalue weighted by Crippen LogP contribution is -2.63. The molecule has 0 amide bonds. The quantitative estimate of drug-likeness (QED) is 0.707. The van der Waals surface area contributed by atoms with E-state index in [0.717, 1.165) is 12.0 Å². The zero-order valence-electron chi connectivity index (χ0n) is 11.6. The van der Waals surface area contributed by atoms with Crippen molar-refractivity contribution in [2.24, 2.45) is 5.92 Å². The molecule has 4 atom stereocenters. The first-order valence-corrected chi connectivity index (χ1v) is 7.80. The van der Waals surface area contributed by atoms with Crippen LogP contribution in [0.15, 0.2) is 18.2 Å². The molecule has 2 aliphatic carbocycles. The molecule has 1 saturated carbocycles. The minimum absolute atomic E-state index is 0.375. The summed E-state index contributed by atoms with van der Waals surface area (Å²) in [7, 11) is 2.33. The summed E-state index contributed by atoms with van der Waals surface area (Å²) in [6.07, 6.45) is 7.04. The van der Waals surface area contributed by atoms with Crippen molar-refractivity contribution in [3.63, 3.8) is 0 Å². The largest absolute Gasteiger partial charge is 0.489 e. The summed E-state index contributed by atoms with van der Waals surface area (Å²) in [4.78, 5) is 2.62. The van der Waals surface area contributed by atoms with E-state index in [2.05, 4.69) is 30.1 Å². The summed E-state index contributed by atoms with van der Waals surface area (Å²) in [5, 5.41) is 0. The molecule has 2 aliphatic heterocycles.